The smallest absolute Gasteiger partial charge is 0.255 e. The number of nitrogens with one attached hydrogen (secondary N) is 2. The van der Waals surface area contributed by atoms with Crippen molar-refractivity contribution in [1.82, 2.24) is 15.3 Å². The Kier molecular flexibility index (Phi) is 9.54. The second-order valence-corrected chi connectivity index (χ2v) is 14.5. The number of carbonyl (C=O) groups excluding carboxylic acids is 1. The third-order valence-electron chi connectivity index (χ3n) is 8.99. The van der Waals surface area contributed by atoms with Gasteiger partial charge in [0.1, 0.15) is 23.0 Å². The molecule has 1 unspecified atom stereocenters. The molecule has 0 fully saturated rings. The fourth-order valence-corrected chi connectivity index (χ4v) is 6.72. The maximum atomic E-state index is 16.2. The van der Waals surface area contributed by atoms with Crippen molar-refractivity contribution in [3.63, 3.8) is 0 Å². The van der Waals surface area contributed by atoms with Gasteiger partial charge in [-0.2, -0.15) is 0 Å². The van der Waals surface area contributed by atoms with Gasteiger partial charge >= 0.3 is 0 Å². The van der Waals surface area contributed by atoms with Gasteiger partial charge in [0.15, 0.2) is 6.17 Å². The summed E-state index contributed by atoms with van der Waals surface area (Å²) in [7, 11) is -1.04. The Morgan fingerprint density at radius 3 is 2.42 bits per heavy atom. The zero-order valence-corrected chi connectivity index (χ0v) is 29.6. The predicted molar refractivity (Wildman–Crippen MR) is 199 cm³/mol. The van der Waals surface area contributed by atoms with E-state index in [-0.39, 0.29) is 63.7 Å². The summed E-state index contributed by atoms with van der Waals surface area (Å²) in [5.74, 6) is -1.32. The van der Waals surface area contributed by atoms with Crippen LogP contribution >= 0.6 is 0 Å². The third kappa shape index (κ3) is 7.00. The summed E-state index contributed by atoms with van der Waals surface area (Å²) in [4.78, 5) is 21.4. The molecular weight excluding hydrogens is 706 g/mol. The molecule has 0 bridgehead atoms. The van der Waals surface area contributed by atoms with Crippen LogP contribution in [-0.4, -0.2) is 51.3 Å². The fraction of sp³-hybridized carbons (Fsp3) is 0.150. The predicted octanol–water partition coefficient (Wildman–Crippen LogP) is 8.57. The van der Waals surface area contributed by atoms with Gasteiger partial charge < -0.3 is 19.5 Å². The molecule has 53 heavy (non-hydrogen) atoms. The van der Waals surface area contributed by atoms with Crippen molar-refractivity contribution >= 4 is 43.5 Å². The summed E-state index contributed by atoms with van der Waals surface area (Å²) >= 11 is 0. The monoisotopic (exact) mass is 738 g/mol. The number of aromatic amines is 1. The minimum atomic E-state index is -3.86. The Labute approximate surface area is 303 Å². The number of nitrogens with zero attached hydrogens (tertiary/aromatic N) is 2. The molecule has 3 aromatic heterocycles. The van der Waals surface area contributed by atoms with Crippen molar-refractivity contribution < 1.29 is 35.5 Å². The van der Waals surface area contributed by atoms with Crippen molar-refractivity contribution in [2.45, 2.75) is 12.8 Å². The molecule has 0 aliphatic heterocycles. The Balaban J connectivity index is 1.42. The highest BCUT2D eigenvalue weighted by Crippen LogP contribution is 2.42. The zero-order valence-electron chi connectivity index (χ0n) is 28.8. The molecule has 1 amide bonds. The first kappa shape index (κ1) is 35.5. The summed E-state index contributed by atoms with van der Waals surface area (Å²) in [6.45, 7) is -0.124. The molecule has 0 saturated carbocycles. The number of carbonyl (C=O) groups is 1. The van der Waals surface area contributed by atoms with Crippen LogP contribution in [0.1, 0.15) is 27.7 Å². The molecule has 4 aromatic carbocycles. The normalized spacial score (nSPS) is 12.3. The fourth-order valence-electron chi connectivity index (χ4n) is 6.21. The first-order valence-corrected chi connectivity index (χ1v) is 18.3. The molecule has 0 aliphatic rings. The number of amides is 1. The van der Waals surface area contributed by atoms with Crippen molar-refractivity contribution in [1.29, 1.82) is 0 Å². The molecule has 0 saturated heterocycles. The van der Waals surface area contributed by atoms with Gasteiger partial charge in [0.05, 0.1) is 47.8 Å². The summed E-state index contributed by atoms with van der Waals surface area (Å²) in [5.41, 5.74) is 3.33. The molecule has 0 spiro atoms. The third-order valence-corrected chi connectivity index (χ3v) is 10.2. The SMILES string of the molecule is CNC(=O)c1c(-c2ccc(F)cc2)oc2cc(N(C)S(C)(=O)=O)c(-c3ccc(C(F)COCc4ccccc4)c(-c4cc5c(F)cccc5[nH]4)n3)cc12. The van der Waals surface area contributed by atoms with Gasteiger partial charge in [-0.1, -0.05) is 42.5 Å². The highest BCUT2D eigenvalue weighted by Gasteiger charge is 2.28. The van der Waals surface area contributed by atoms with Gasteiger partial charge in [0.2, 0.25) is 10.0 Å². The number of halogens is 3. The average Bonchev–Trinajstić information content (AvgIpc) is 3.76. The van der Waals surface area contributed by atoms with E-state index in [9.17, 15) is 22.0 Å². The van der Waals surface area contributed by atoms with Crippen LogP contribution in [0.15, 0.2) is 108 Å². The van der Waals surface area contributed by atoms with E-state index in [0.29, 0.717) is 22.2 Å². The van der Waals surface area contributed by atoms with E-state index >= 15 is 4.39 Å². The quantitative estimate of drug-likeness (QED) is 0.137. The Hall–Kier alpha value is -5.92. The van der Waals surface area contributed by atoms with Crippen LogP contribution in [0.5, 0.6) is 0 Å². The number of ether oxygens (including phenoxy) is 1. The molecule has 0 aliphatic carbocycles. The summed E-state index contributed by atoms with van der Waals surface area (Å²) in [5, 5.41) is 3.21. The maximum Gasteiger partial charge on any atom is 0.255 e. The highest BCUT2D eigenvalue weighted by atomic mass is 32.2. The van der Waals surface area contributed by atoms with Crippen molar-refractivity contribution in [3.8, 4) is 34.0 Å². The van der Waals surface area contributed by atoms with Gasteiger partial charge in [-0.25, -0.2) is 26.6 Å². The van der Waals surface area contributed by atoms with E-state index in [4.69, 9.17) is 14.1 Å². The number of rotatable bonds is 11. The number of H-pyrrole nitrogens is 1. The molecule has 2 N–H and O–H groups in total. The summed E-state index contributed by atoms with van der Waals surface area (Å²) in [6.07, 6.45) is -0.619. The number of sulfonamides is 1. The number of hydrogen-bond acceptors (Lipinski definition) is 6. The second kappa shape index (κ2) is 14.2. The lowest BCUT2D eigenvalue weighted by molar-refractivity contribution is 0.0696. The van der Waals surface area contributed by atoms with E-state index in [1.165, 1.54) is 56.6 Å². The van der Waals surface area contributed by atoms with Gasteiger partial charge in [-0.15, -0.1) is 0 Å². The van der Waals surface area contributed by atoms with Gasteiger partial charge in [-0.3, -0.25) is 9.10 Å². The van der Waals surface area contributed by atoms with Crippen molar-refractivity contribution in [2.24, 2.45) is 0 Å². The number of alkyl halides is 1. The lowest BCUT2D eigenvalue weighted by Gasteiger charge is -2.21. The van der Waals surface area contributed by atoms with Gasteiger partial charge in [0, 0.05) is 53.1 Å². The Morgan fingerprint density at radius 1 is 0.962 bits per heavy atom. The van der Waals surface area contributed by atoms with Crippen LogP contribution in [0.3, 0.4) is 0 Å². The number of anilines is 1. The molecule has 0 radical (unpaired) electrons. The molecule has 9 nitrogen and oxygen atoms in total. The van der Waals surface area contributed by atoms with Gasteiger partial charge in [0.25, 0.3) is 5.91 Å². The minimum absolute atomic E-state index is 0.131. The lowest BCUT2D eigenvalue weighted by atomic mass is 9.99. The van der Waals surface area contributed by atoms with E-state index < -0.39 is 33.7 Å². The van der Waals surface area contributed by atoms with Crippen molar-refractivity contribution in [2.75, 3.05) is 31.3 Å². The first-order valence-electron chi connectivity index (χ1n) is 16.5. The number of benzene rings is 4. The first-order chi connectivity index (χ1) is 25.4. The van der Waals surface area contributed by atoms with Gasteiger partial charge in [-0.05, 0) is 60.2 Å². The van der Waals surface area contributed by atoms with Crippen LogP contribution in [-0.2, 0) is 21.4 Å². The molecular formula is C40H33F3N4O5S. The van der Waals surface area contributed by atoms with Crippen LogP contribution in [0.4, 0.5) is 18.9 Å². The maximum absolute atomic E-state index is 16.2. The minimum Gasteiger partial charge on any atom is -0.455 e. The zero-order chi connectivity index (χ0) is 37.4. The number of fused-ring (bicyclic) bond motifs is 2. The standard InChI is InChI=1S/C40H33F3N4O5S/c1-44-40(48)37-29-18-28(35(47(2)53(3,49)50)20-36(29)52-39(37)24-12-14-25(41)15-13-24)33-17-16-26(31(43)22-51-21-23-8-5-4-6-9-23)38(46-33)34-19-27-30(42)10-7-11-32(27)45-34/h4-20,31,45H,21-22H2,1-3H3,(H,44,48). The number of aromatic nitrogens is 2. The molecule has 3 heterocycles. The van der Waals surface area contributed by atoms with Crippen LogP contribution < -0.4 is 9.62 Å². The molecule has 7 aromatic rings. The lowest BCUT2D eigenvalue weighted by Crippen LogP contribution is -2.25. The topological polar surface area (TPSA) is 118 Å². The van der Waals surface area contributed by atoms with E-state index in [1.807, 2.05) is 30.3 Å². The van der Waals surface area contributed by atoms with Crippen LogP contribution in [0.2, 0.25) is 0 Å². The summed E-state index contributed by atoms with van der Waals surface area (Å²) in [6, 6.07) is 27.0. The Bertz CT molecular complexity index is 2590. The number of pyridine rings is 1. The van der Waals surface area contributed by atoms with E-state index in [0.717, 1.165) is 16.1 Å². The van der Waals surface area contributed by atoms with Crippen LogP contribution in [0, 0.1) is 11.6 Å². The van der Waals surface area contributed by atoms with E-state index in [2.05, 4.69) is 10.3 Å². The molecule has 270 valence electrons. The largest absolute Gasteiger partial charge is 0.455 e. The van der Waals surface area contributed by atoms with E-state index in [1.54, 1.807) is 30.3 Å². The number of furan rings is 1. The number of hydrogen-bond donors (Lipinski definition) is 2. The van der Waals surface area contributed by atoms with Crippen molar-refractivity contribution in [3.05, 3.63) is 131 Å². The Morgan fingerprint density at radius 2 is 1.72 bits per heavy atom. The average molecular weight is 739 g/mol. The second-order valence-electron chi connectivity index (χ2n) is 12.5. The summed E-state index contributed by atoms with van der Waals surface area (Å²) < 4.78 is 83.8. The van der Waals surface area contributed by atoms with Crippen LogP contribution in [0.25, 0.3) is 55.8 Å². The molecule has 7 rings (SSSR count). The highest BCUT2D eigenvalue weighted by molar-refractivity contribution is 7.92. The molecule has 1 atom stereocenters. The molecule has 13 heteroatoms.